The summed E-state index contributed by atoms with van der Waals surface area (Å²) in [6, 6.07) is 8.46. The lowest BCUT2D eigenvalue weighted by Gasteiger charge is -2.11. The Morgan fingerprint density at radius 3 is 2.48 bits per heavy atom. The van der Waals surface area contributed by atoms with Crippen LogP contribution in [-0.2, 0) is 14.6 Å². The highest BCUT2D eigenvalue weighted by Crippen LogP contribution is 2.09. The third-order valence-electron chi connectivity index (χ3n) is 2.82. The van der Waals surface area contributed by atoms with Crippen molar-refractivity contribution in [3.05, 3.63) is 30.3 Å². The fraction of sp³-hybridized carbons (Fsp3) is 0.533. The molecule has 0 aliphatic heterocycles. The predicted molar refractivity (Wildman–Crippen MR) is 104 cm³/mol. The predicted octanol–water partition coefficient (Wildman–Crippen LogP) is 1.67. The monoisotopic (exact) mass is 455 g/mol. The third-order valence-corrected chi connectivity index (χ3v) is 4.55. The van der Waals surface area contributed by atoms with E-state index in [0.29, 0.717) is 43.7 Å². The summed E-state index contributed by atoms with van der Waals surface area (Å²) in [6.45, 7) is 6.66. The molecule has 0 heterocycles. The molecule has 1 aromatic carbocycles. The molecule has 6 nitrogen and oxygen atoms in total. The van der Waals surface area contributed by atoms with Gasteiger partial charge in [-0.25, -0.2) is 8.42 Å². The second kappa shape index (κ2) is 12.5. The summed E-state index contributed by atoms with van der Waals surface area (Å²) in [5.41, 5.74) is 0. The highest BCUT2D eigenvalue weighted by Gasteiger charge is 2.13. The number of guanidine groups is 1. The van der Waals surface area contributed by atoms with Gasteiger partial charge in [-0.1, -0.05) is 18.2 Å². The molecule has 0 fully saturated rings. The smallest absolute Gasteiger partial charge is 0.191 e. The molecule has 0 aliphatic carbocycles. The first-order chi connectivity index (χ1) is 10.6. The van der Waals surface area contributed by atoms with Crippen molar-refractivity contribution >= 4 is 39.8 Å². The molecule has 1 aromatic rings. The number of hydrogen-bond acceptors (Lipinski definition) is 4. The highest BCUT2D eigenvalue weighted by molar-refractivity contribution is 14.0. The molecule has 2 N–H and O–H groups in total. The average molecular weight is 455 g/mol. The Morgan fingerprint density at radius 2 is 1.87 bits per heavy atom. The maximum atomic E-state index is 12.2. The van der Waals surface area contributed by atoms with Crippen LogP contribution < -0.4 is 10.6 Å². The molecule has 0 spiro atoms. The van der Waals surface area contributed by atoms with Gasteiger partial charge in [0.1, 0.15) is 0 Å². The van der Waals surface area contributed by atoms with Crippen LogP contribution in [0, 0.1) is 0 Å². The zero-order valence-electron chi connectivity index (χ0n) is 13.6. The second-order valence-electron chi connectivity index (χ2n) is 4.52. The Labute approximate surface area is 156 Å². The van der Waals surface area contributed by atoms with Gasteiger partial charge < -0.3 is 15.4 Å². The van der Waals surface area contributed by atoms with Gasteiger partial charge >= 0.3 is 0 Å². The van der Waals surface area contributed by atoms with Crippen LogP contribution in [0.5, 0.6) is 0 Å². The van der Waals surface area contributed by atoms with Crippen LogP contribution in [0.15, 0.2) is 40.2 Å². The molecule has 0 radical (unpaired) electrons. The minimum Gasteiger partial charge on any atom is -0.380 e. The van der Waals surface area contributed by atoms with Gasteiger partial charge in [0.15, 0.2) is 15.8 Å². The first-order valence-corrected chi connectivity index (χ1v) is 9.13. The second-order valence-corrected chi connectivity index (χ2v) is 6.63. The molecule has 0 saturated heterocycles. The Bertz CT molecular complexity index is 550. The van der Waals surface area contributed by atoms with Crippen LogP contribution in [0.4, 0.5) is 0 Å². The molecule has 0 aromatic heterocycles. The van der Waals surface area contributed by atoms with E-state index in [2.05, 4.69) is 15.6 Å². The van der Waals surface area contributed by atoms with Crippen molar-refractivity contribution in [2.45, 2.75) is 18.7 Å². The van der Waals surface area contributed by atoms with Crippen LogP contribution in [0.2, 0.25) is 0 Å². The van der Waals surface area contributed by atoms with Crippen molar-refractivity contribution in [3.8, 4) is 0 Å². The normalized spacial score (nSPS) is 11.7. The van der Waals surface area contributed by atoms with E-state index in [9.17, 15) is 8.42 Å². The third kappa shape index (κ3) is 9.11. The van der Waals surface area contributed by atoms with Crippen molar-refractivity contribution in [3.63, 3.8) is 0 Å². The number of nitrogens with one attached hydrogen (secondary N) is 2. The summed E-state index contributed by atoms with van der Waals surface area (Å²) >= 11 is 0. The van der Waals surface area contributed by atoms with E-state index in [1.807, 2.05) is 13.8 Å². The maximum absolute atomic E-state index is 12.2. The molecule has 0 atom stereocenters. The Hall–Kier alpha value is -0.870. The van der Waals surface area contributed by atoms with Crippen LogP contribution >= 0.6 is 24.0 Å². The minimum atomic E-state index is -3.27. The summed E-state index contributed by atoms with van der Waals surface area (Å²) in [6.07, 6.45) is 0. The molecule has 0 amide bonds. The summed E-state index contributed by atoms with van der Waals surface area (Å²) in [4.78, 5) is 4.66. The quantitative estimate of drug-likeness (QED) is 0.256. The minimum absolute atomic E-state index is 0. The lowest BCUT2D eigenvalue weighted by atomic mass is 10.4. The Kier molecular flexibility index (Phi) is 12.1. The lowest BCUT2D eigenvalue weighted by molar-refractivity contribution is 0.155. The molecule has 0 aliphatic rings. The van der Waals surface area contributed by atoms with E-state index in [4.69, 9.17) is 4.74 Å². The van der Waals surface area contributed by atoms with Gasteiger partial charge in [-0.2, -0.15) is 0 Å². The first kappa shape index (κ1) is 22.1. The number of hydrogen-bond donors (Lipinski definition) is 2. The molecule has 1 rings (SSSR count). The van der Waals surface area contributed by atoms with Crippen molar-refractivity contribution in [1.29, 1.82) is 0 Å². The average Bonchev–Trinajstić information content (AvgIpc) is 2.52. The van der Waals surface area contributed by atoms with Crippen LogP contribution in [0.25, 0.3) is 0 Å². The van der Waals surface area contributed by atoms with Gasteiger partial charge in [0, 0.05) is 19.7 Å². The Balaban J connectivity index is 0.00000484. The molecular weight excluding hydrogens is 429 g/mol. The molecule has 0 saturated carbocycles. The van der Waals surface area contributed by atoms with Crippen molar-refractivity contribution < 1.29 is 13.2 Å². The topological polar surface area (TPSA) is 79.8 Å². The molecule has 0 unspecified atom stereocenters. The zero-order valence-corrected chi connectivity index (χ0v) is 16.8. The van der Waals surface area contributed by atoms with Gasteiger partial charge in [-0.3, -0.25) is 4.99 Å². The van der Waals surface area contributed by atoms with Gasteiger partial charge in [0.05, 0.1) is 23.8 Å². The number of sulfone groups is 1. The molecule has 0 bridgehead atoms. The summed E-state index contributed by atoms with van der Waals surface area (Å²) in [5.74, 6) is 0.623. The number of benzene rings is 1. The zero-order chi connectivity index (χ0) is 16.3. The molecule has 23 heavy (non-hydrogen) atoms. The number of ether oxygens (including phenoxy) is 1. The van der Waals surface area contributed by atoms with E-state index in [0.717, 1.165) is 0 Å². The number of rotatable bonds is 9. The largest absolute Gasteiger partial charge is 0.380 e. The van der Waals surface area contributed by atoms with E-state index in [1.165, 1.54) is 0 Å². The highest BCUT2D eigenvalue weighted by atomic mass is 127. The van der Waals surface area contributed by atoms with Crippen LogP contribution in [0.1, 0.15) is 13.8 Å². The van der Waals surface area contributed by atoms with E-state index >= 15 is 0 Å². The van der Waals surface area contributed by atoms with E-state index in [1.54, 1.807) is 30.3 Å². The summed E-state index contributed by atoms with van der Waals surface area (Å²) in [7, 11) is -3.27. The van der Waals surface area contributed by atoms with Gasteiger partial charge in [-0.05, 0) is 26.0 Å². The number of aliphatic imine (C=N–C) groups is 1. The maximum Gasteiger partial charge on any atom is 0.191 e. The summed E-state index contributed by atoms with van der Waals surface area (Å²) < 4.78 is 29.5. The van der Waals surface area contributed by atoms with Crippen molar-refractivity contribution in [2.24, 2.45) is 4.99 Å². The Morgan fingerprint density at radius 1 is 1.17 bits per heavy atom. The van der Waals surface area contributed by atoms with E-state index in [-0.39, 0.29) is 29.7 Å². The van der Waals surface area contributed by atoms with E-state index < -0.39 is 9.84 Å². The first-order valence-electron chi connectivity index (χ1n) is 7.48. The standard InChI is InChI=1S/C15H25N3O3S.HI/c1-3-16-15(17-10-12-21-4-2)18-11-13-22(19,20)14-8-6-5-7-9-14;/h5-9H,3-4,10-13H2,1-2H3,(H2,16,17,18);1H. The molecule has 132 valence electrons. The fourth-order valence-electron chi connectivity index (χ4n) is 1.76. The van der Waals surface area contributed by atoms with Crippen LogP contribution in [0.3, 0.4) is 0 Å². The lowest BCUT2D eigenvalue weighted by Crippen LogP contribution is -2.39. The van der Waals surface area contributed by atoms with Gasteiger partial charge in [-0.15, -0.1) is 24.0 Å². The fourth-order valence-corrected chi connectivity index (χ4v) is 2.94. The SMILES string of the molecule is CCNC(=NCCOCC)NCCS(=O)(=O)c1ccccc1.I. The van der Waals surface area contributed by atoms with Crippen molar-refractivity contribution in [2.75, 3.05) is 38.6 Å². The number of halogens is 1. The molecular formula is C15H26IN3O3S. The van der Waals surface area contributed by atoms with Gasteiger partial charge in [0.25, 0.3) is 0 Å². The van der Waals surface area contributed by atoms with Gasteiger partial charge in [0.2, 0.25) is 0 Å². The van der Waals surface area contributed by atoms with Crippen LogP contribution in [-0.4, -0.2) is 53.0 Å². The van der Waals surface area contributed by atoms with Crippen molar-refractivity contribution in [1.82, 2.24) is 10.6 Å². The molecule has 8 heteroatoms. The number of nitrogens with zero attached hydrogens (tertiary/aromatic N) is 1. The summed E-state index contributed by atoms with van der Waals surface area (Å²) in [5, 5.41) is 6.10.